The van der Waals surface area contributed by atoms with Crippen molar-refractivity contribution in [2.75, 3.05) is 53.1 Å². The van der Waals surface area contributed by atoms with Gasteiger partial charge in [-0.3, -0.25) is 4.90 Å². The topological polar surface area (TPSA) is 94.2 Å². The maximum Gasteiger partial charge on any atom is 0.343 e. The van der Waals surface area contributed by atoms with Crippen LogP contribution in [-0.2, 0) is 24.3 Å². The molecular weight excluding hydrogens is 372 g/mol. The summed E-state index contributed by atoms with van der Waals surface area (Å²) in [7, 11) is -2.43. The number of nitrogens with one attached hydrogen (secondary N) is 1. The van der Waals surface area contributed by atoms with Gasteiger partial charge in [-0.05, 0) is 18.2 Å². The number of carbonyl (C=O) groups excluding carboxylic acids is 1. The summed E-state index contributed by atoms with van der Waals surface area (Å²) < 4.78 is 42.1. The van der Waals surface area contributed by atoms with E-state index in [2.05, 4.69) is 14.4 Å². The van der Waals surface area contributed by atoms with Gasteiger partial charge in [-0.15, -0.1) is 0 Å². The van der Waals surface area contributed by atoms with E-state index in [1.54, 1.807) is 0 Å². The van der Waals surface area contributed by atoms with Crippen molar-refractivity contribution in [1.29, 1.82) is 0 Å². The van der Waals surface area contributed by atoms with Crippen LogP contribution in [0.3, 0.4) is 0 Å². The van der Waals surface area contributed by atoms with Crippen LogP contribution in [0.15, 0.2) is 23.1 Å². The molecule has 0 aliphatic carbocycles. The zero-order valence-electron chi connectivity index (χ0n) is 13.9. The third-order valence-electron chi connectivity index (χ3n) is 3.61. The first-order chi connectivity index (χ1) is 11.9. The van der Waals surface area contributed by atoms with Crippen molar-refractivity contribution in [1.82, 2.24) is 9.62 Å². The number of hydrogen-bond acceptors (Lipinski definition) is 7. The summed E-state index contributed by atoms with van der Waals surface area (Å²) in [6, 6.07) is 4.06. The Morgan fingerprint density at radius 2 is 2.08 bits per heavy atom. The zero-order valence-corrected chi connectivity index (χ0v) is 15.4. The van der Waals surface area contributed by atoms with Crippen LogP contribution in [-0.4, -0.2) is 72.4 Å². The van der Waals surface area contributed by atoms with Crippen LogP contribution in [0.4, 0.5) is 0 Å². The second-order valence-corrected chi connectivity index (χ2v) is 7.48. The van der Waals surface area contributed by atoms with Crippen LogP contribution >= 0.6 is 11.6 Å². The molecule has 0 saturated carbocycles. The molecule has 1 aromatic rings. The first kappa shape index (κ1) is 19.9. The highest BCUT2D eigenvalue weighted by Gasteiger charge is 2.17. The molecule has 1 saturated heterocycles. The Labute approximate surface area is 152 Å². The summed E-state index contributed by atoms with van der Waals surface area (Å²) in [4.78, 5) is 13.2. The Bertz CT molecular complexity index is 691. The number of carbonyl (C=O) groups is 1. The third kappa shape index (κ3) is 6.12. The van der Waals surface area contributed by atoms with Crippen LogP contribution < -0.4 is 9.46 Å². The molecular formula is C15H21ClN2O6S. The molecule has 1 aromatic carbocycles. The number of hydrogen-bond donors (Lipinski definition) is 1. The average Bonchev–Trinajstić information content (AvgIpc) is 2.61. The summed E-state index contributed by atoms with van der Waals surface area (Å²) in [6.07, 6.45) is 0. The molecule has 0 spiro atoms. The fourth-order valence-electron chi connectivity index (χ4n) is 2.21. The number of nitrogens with zero attached hydrogens (tertiary/aromatic N) is 1. The average molecular weight is 393 g/mol. The molecule has 0 radical (unpaired) electrons. The minimum atomic E-state index is -3.68. The predicted octanol–water partition coefficient (Wildman–Crippen LogP) is 0.502. The number of benzene rings is 1. The van der Waals surface area contributed by atoms with Crippen molar-refractivity contribution in [2.45, 2.75) is 4.90 Å². The summed E-state index contributed by atoms with van der Waals surface area (Å²) >= 11 is 6.03. The van der Waals surface area contributed by atoms with Crippen LogP contribution in [0.25, 0.3) is 0 Å². The van der Waals surface area contributed by atoms with Gasteiger partial charge in [-0.25, -0.2) is 17.9 Å². The van der Waals surface area contributed by atoms with Crippen molar-refractivity contribution in [3.63, 3.8) is 0 Å². The van der Waals surface area contributed by atoms with Crippen LogP contribution in [0.1, 0.15) is 0 Å². The van der Waals surface area contributed by atoms with Crippen molar-refractivity contribution in [3.05, 3.63) is 23.2 Å². The molecule has 10 heteroatoms. The van der Waals surface area contributed by atoms with Crippen LogP contribution in [0, 0.1) is 0 Å². The van der Waals surface area contributed by atoms with E-state index in [0.717, 1.165) is 13.1 Å². The van der Waals surface area contributed by atoms with E-state index in [4.69, 9.17) is 21.1 Å². The highest BCUT2D eigenvalue weighted by molar-refractivity contribution is 7.89. The molecule has 1 fully saturated rings. The highest BCUT2D eigenvalue weighted by Crippen LogP contribution is 2.27. The second-order valence-electron chi connectivity index (χ2n) is 5.31. The van der Waals surface area contributed by atoms with Crippen molar-refractivity contribution in [2.24, 2.45) is 0 Å². The first-order valence-electron chi connectivity index (χ1n) is 7.71. The highest BCUT2D eigenvalue weighted by atomic mass is 35.5. The lowest BCUT2D eigenvalue weighted by molar-refractivity contribution is -0.142. The van der Waals surface area contributed by atoms with E-state index in [0.29, 0.717) is 26.3 Å². The molecule has 8 nitrogen and oxygen atoms in total. The smallest absolute Gasteiger partial charge is 0.343 e. The number of rotatable bonds is 8. The van der Waals surface area contributed by atoms with Crippen molar-refractivity contribution < 1.29 is 27.4 Å². The molecule has 2 rings (SSSR count). The summed E-state index contributed by atoms with van der Waals surface area (Å²) in [5, 5.41) is 0.0972. The van der Waals surface area contributed by atoms with Gasteiger partial charge < -0.3 is 14.2 Å². The minimum absolute atomic E-state index is 0.0323. The molecule has 1 aliphatic heterocycles. The number of methoxy groups -OCH3 is 1. The van der Waals surface area contributed by atoms with E-state index >= 15 is 0 Å². The lowest BCUT2D eigenvalue weighted by Gasteiger charge is -2.26. The first-order valence-corrected chi connectivity index (χ1v) is 9.57. The number of halogens is 1. The lowest BCUT2D eigenvalue weighted by atomic mass is 10.3. The number of morpholine rings is 1. The Morgan fingerprint density at radius 3 is 2.72 bits per heavy atom. The quantitative estimate of drug-likeness (QED) is 0.644. The molecule has 140 valence electrons. The molecule has 0 atom stereocenters. The molecule has 25 heavy (non-hydrogen) atoms. The van der Waals surface area contributed by atoms with E-state index in [9.17, 15) is 13.2 Å². The molecule has 0 aromatic heterocycles. The van der Waals surface area contributed by atoms with Gasteiger partial charge in [0, 0.05) is 26.2 Å². The van der Waals surface area contributed by atoms with E-state index < -0.39 is 16.0 Å². The minimum Gasteiger partial charge on any atom is -0.480 e. The monoisotopic (exact) mass is 392 g/mol. The van der Waals surface area contributed by atoms with Gasteiger partial charge in [-0.2, -0.15) is 0 Å². The van der Waals surface area contributed by atoms with Gasteiger partial charge >= 0.3 is 5.97 Å². The molecule has 0 amide bonds. The fraction of sp³-hybridized carbons (Fsp3) is 0.533. The molecule has 1 aliphatic rings. The SMILES string of the molecule is COC(=O)COc1ccc(S(=O)(=O)NCCN2CCOCC2)cc1Cl. The Morgan fingerprint density at radius 1 is 1.36 bits per heavy atom. The third-order valence-corrected chi connectivity index (χ3v) is 5.36. The second kappa shape index (κ2) is 9.35. The Balaban J connectivity index is 1.91. The Kier molecular flexibility index (Phi) is 7.45. The van der Waals surface area contributed by atoms with E-state index in [-0.39, 0.29) is 22.3 Å². The largest absolute Gasteiger partial charge is 0.480 e. The number of sulfonamides is 1. The van der Waals surface area contributed by atoms with Crippen molar-refractivity contribution >= 4 is 27.6 Å². The molecule has 0 bridgehead atoms. The van der Waals surface area contributed by atoms with E-state index in [1.165, 1.54) is 25.3 Å². The van der Waals surface area contributed by atoms with Crippen LogP contribution in [0.5, 0.6) is 5.75 Å². The number of esters is 1. The predicted molar refractivity (Wildman–Crippen MR) is 91.4 cm³/mol. The zero-order chi connectivity index (χ0) is 18.3. The fourth-order valence-corrected chi connectivity index (χ4v) is 3.55. The van der Waals surface area contributed by atoms with E-state index in [1.807, 2.05) is 0 Å². The normalized spacial score (nSPS) is 15.8. The number of ether oxygens (including phenoxy) is 3. The van der Waals surface area contributed by atoms with Crippen molar-refractivity contribution in [3.8, 4) is 5.75 Å². The summed E-state index contributed by atoms with van der Waals surface area (Å²) in [6.45, 7) is 3.50. The Hall–Kier alpha value is -1.39. The van der Waals surface area contributed by atoms with Gasteiger partial charge in [0.05, 0.1) is 30.2 Å². The van der Waals surface area contributed by atoms with Gasteiger partial charge in [0.25, 0.3) is 0 Å². The molecule has 1 heterocycles. The van der Waals surface area contributed by atoms with Crippen LogP contribution in [0.2, 0.25) is 5.02 Å². The van der Waals surface area contributed by atoms with Gasteiger partial charge in [-0.1, -0.05) is 11.6 Å². The molecule has 1 N–H and O–H groups in total. The summed E-state index contributed by atoms with van der Waals surface area (Å²) in [5.74, 6) is -0.350. The molecule has 0 unspecified atom stereocenters. The maximum atomic E-state index is 12.3. The summed E-state index contributed by atoms with van der Waals surface area (Å²) in [5.41, 5.74) is 0. The van der Waals surface area contributed by atoms with Gasteiger partial charge in [0.1, 0.15) is 5.75 Å². The lowest BCUT2D eigenvalue weighted by Crippen LogP contribution is -2.41. The van der Waals surface area contributed by atoms with Gasteiger partial charge in [0.2, 0.25) is 10.0 Å². The van der Waals surface area contributed by atoms with Gasteiger partial charge in [0.15, 0.2) is 6.61 Å². The maximum absolute atomic E-state index is 12.3. The standard InChI is InChI=1S/C15H21ClN2O6S/c1-22-15(19)11-24-14-3-2-12(10-13(14)16)25(20,21)17-4-5-18-6-8-23-9-7-18/h2-3,10,17H,4-9,11H2,1H3.